The molecule has 11 nitrogen and oxygen atoms in total. The van der Waals surface area contributed by atoms with Gasteiger partial charge in [0.2, 0.25) is 28.2 Å². The molecular formula is C29H55FN4O7S. The molecule has 1 heterocycles. The van der Waals surface area contributed by atoms with E-state index in [0.717, 1.165) is 5.92 Å². The van der Waals surface area contributed by atoms with Gasteiger partial charge in [-0.15, -0.1) is 0 Å². The molecule has 13 heteroatoms. The molecule has 1 saturated heterocycles. The van der Waals surface area contributed by atoms with E-state index in [-0.39, 0.29) is 31.0 Å². The fourth-order valence-corrected chi connectivity index (χ4v) is 5.85. The Morgan fingerprint density at radius 3 is 2.00 bits per heavy atom. The van der Waals surface area contributed by atoms with Crippen molar-refractivity contribution in [1.82, 2.24) is 20.3 Å². The molecule has 3 aliphatic rings. The maximum atomic E-state index is 13.3. The van der Waals surface area contributed by atoms with Gasteiger partial charge in [-0.05, 0) is 56.8 Å². The van der Waals surface area contributed by atoms with Gasteiger partial charge in [0.1, 0.15) is 11.6 Å². The number of likely N-dealkylation sites (tertiary alicyclic amines) is 1. The van der Waals surface area contributed by atoms with Gasteiger partial charge in [0.15, 0.2) is 0 Å². The Hall–Kier alpha value is -2.28. The highest BCUT2D eigenvalue weighted by molar-refractivity contribution is 7.91. The lowest BCUT2D eigenvalue weighted by molar-refractivity contribution is -0.140. The van der Waals surface area contributed by atoms with Crippen LogP contribution in [0.1, 0.15) is 93.4 Å². The van der Waals surface area contributed by atoms with Crippen molar-refractivity contribution in [3.05, 3.63) is 0 Å². The van der Waals surface area contributed by atoms with Crippen LogP contribution in [0.5, 0.6) is 0 Å². The summed E-state index contributed by atoms with van der Waals surface area (Å²) in [4.78, 5) is 50.7. The molecule has 1 unspecified atom stereocenters. The molecule has 4 atom stereocenters. The summed E-state index contributed by atoms with van der Waals surface area (Å²) in [6.07, 6.45) is 4.36. The summed E-state index contributed by atoms with van der Waals surface area (Å²) in [5, 5.41) is 5.13. The molecule has 246 valence electrons. The van der Waals surface area contributed by atoms with Gasteiger partial charge in [-0.3, -0.25) is 28.3 Å². The lowest BCUT2D eigenvalue weighted by atomic mass is 9.96. The van der Waals surface area contributed by atoms with Crippen LogP contribution in [-0.2, 0) is 33.9 Å². The third kappa shape index (κ3) is 11.4. The number of rotatable bonds is 11. The topological polar surface area (TPSA) is 151 Å². The van der Waals surface area contributed by atoms with E-state index in [4.69, 9.17) is 0 Å². The number of hydrogen-bond acceptors (Lipinski definition) is 7. The number of nitrogens with zero attached hydrogens (tertiary/aromatic N) is 1. The molecule has 3 rings (SSSR count). The lowest BCUT2D eigenvalue weighted by Gasteiger charge is -2.29. The first-order valence-corrected chi connectivity index (χ1v) is 16.4. The van der Waals surface area contributed by atoms with Gasteiger partial charge in [0, 0.05) is 20.8 Å². The van der Waals surface area contributed by atoms with E-state index >= 15 is 0 Å². The summed E-state index contributed by atoms with van der Waals surface area (Å²) in [5.74, 6) is -0.930. The van der Waals surface area contributed by atoms with E-state index < -0.39 is 38.2 Å². The van der Waals surface area contributed by atoms with Crippen molar-refractivity contribution >= 4 is 34.2 Å². The second-order valence-corrected chi connectivity index (χ2v) is 14.2. The average molecular weight is 623 g/mol. The SMILES string of the molecule is CC(C)C.CCCF.CC[C@@H]1CCN(C(=O)CNC=O)[C@@H]1C(=O)NC1(C(=O)NS(=O)(=O)C2(C)CC2)C[C@H]1CC.COC. The Balaban J connectivity index is 0.00000132. The number of alkyl halides is 1. The molecule has 2 aliphatic carbocycles. The van der Waals surface area contributed by atoms with Crippen molar-refractivity contribution in [2.24, 2.45) is 17.8 Å². The largest absolute Gasteiger partial charge is 0.388 e. The van der Waals surface area contributed by atoms with Crippen molar-refractivity contribution in [1.29, 1.82) is 0 Å². The Bertz CT molecular complexity index is 970. The fourth-order valence-electron chi connectivity index (χ4n) is 4.54. The van der Waals surface area contributed by atoms with Crippen LogP contribution in [0.4, 0.5) is 4.39 Å². The van der Waals surface area contributed by atoms with Gasteiger partial charge in [0.05, 0.1) is 18.0 Å². The van der Waals surface area contributed by atoms with Gasteiger partial charge < -0.3 is 20.3 Å². The second kappa shape index (κ2) is 18.4. The van der Waals surface area contributed by atoms with Crippen molar-refractivity contribution in [2.45, 2.75) is 110 Å². The second-order valence-electron chi connectivity index (χ2n) is 12.0. The van der Waals surface area contributed by atoms with Crippen molar-refractivity contribution in [3.63, 3.8) is 0 Å². The predicted molar refractivity (Wildman–Crippen MR) is 162 cm³/mol. The normalized spacial score (nSPS) is 24.8. The molecule has 4 amide bonds. The third-order valence-corrected chi connectivity index (χ3v) is 9.50. The molecule has 0 bridgehead atoms. The van der Waals surface area contributed by atoms with Crippen molar-refractivity contribution in [2.75, 3.05) is 34.0 Å². The standard InChI is InChI=1S/C20H32N4O6S.C4H10.C3H7F.C2H6O/c1-4-13-6-9-24(15(26)11-21-12-25)16(13)17(27)22-20(10-14(20)5-2)18(28)23-31(29,30)19(3)7-8-19;1-4(2)3;1-2-3-4;1-3-2/h12-14,16H,4-11H2,1-3H3,(H,21,25)(H,22,27)(H,23,28);4H,1-3H3;2-3H2,1H3;1-2H3/t13-,14-,16+,20?;;;/m1.../s1. The molecule has 0 aromatic rings. The van der Waals surface area contributed by atoms with Gasteiger partial charge in [0.25, 0.3) is 5.91 Å². The predicted octanol–water partition coefficient (Wildman–Crippen LogP) is 2.93. The smallest absolute Gasteiger partial charge is 0.259 e. The highest BCUT2D eigenvalue weighted by atomic mass is 32.2. The Morgan fingerprint density at radius 2 is 1.62 bits per heavy atom. The number of carbonyl (C=O) groups is 4. The summed E-state index contributed by atoms with van der Waals surface area (Å²) >= 11 is 0. The molecule has 0 aromatic heterocycles. The molecule has 2 saturated carbocycles. The number of halogens is 1. The molecule has 3 N–H and O–H groups in total. The van der Waals surface area contributed by atoms with E-state index in [0.29, 0.717) is 57.9 Å². The van der Waals surface area contributed by atoms with E-state index in [1.54, 1.807) is 28.1 Å². The summed E-state index contributed by atoms with van der Waals surface area (Å²) in [5.41, 5.74) is -1.28. The minimum atomic E-state index is -3.82. The highest BCUT2D eigenvalue weighted by Gasteiger charge is 2.63. The number of methoxy groups -OCH3 is 1. The summed E-state index contributed by atoms with van der Waals surface area (Å²) in [7, 11) is -0.572. The maximum absolute atomic E-state index is 13.3. The Kier molecular flexibility index (Phi) is 17.4. The Labute approximate surface area is 252 Å². The minimum Gasteiger partial charge on any atom is -0.388 e. The Morgan fingerprint density at radius 1 is 1.10 bits per heavy atom. The van der Waals surface area contributed by atoms with Crippen LogP contribution in [0.25, 0.3) is 0 Å². The first-order chi connectivity index (χ1) is 19.6. The third-order valence-electron chi connectivity index (χ3n) is 7.34. The van der Waals surface area contributed by atoms with Crippen LogP contribution in [0.2, 0.25) is 0 Å². The quantitative estimate of drug-likeness (QED) is 0.300. The van der Waals surface area contributed by atoms with Crippen LogP contribution in [0.15, 0.2) is 0 Å². The summed E-state index contributed by atoms with van der Waals surface area (Å²) in [6.45, 7) is 13.7. The van der Waals surface area contributed by atoms with Gasteiger partial charge in [-0.25, -0.2) is 8.42 Å². The fraction of sp³-hybridized carbons (Fsp3) is 0.862. The van der Waals surface area contributed by atoms with Crippen LogP contribution < -0.4 is 15.4 Å². The first kappa shape index (κ1) is 39.7. The van der Waals surface area contributed by atoms with Gasteiger partial charge >= 0.3 is 0 Å². The summed E-state index contributed by atoms with van der Waals surface area (Å²) in [6, 6.07) is -0.758. The van der Waals surface area contributed by atoms with E-state index in [9.17, 15) is 32.0 Å². The molecule has 42 heavy (non-hydrogen) atoms. The zero-order valence-corrected chi connectivity index (χ0v) is 27.9. The van der Waals surface area contributed by atoms with Crippen molar-refractivity contribution < 1.29 is 36.7 Å². The van der Waals surface area contributed by atoms with E-state index in [2.05, 4.69) is 40.9 Å². The first-order valence-electron chi connectivity index (χ1n) is 14.9. The van der Waals surface area contributed by atoms with Crippen LogP contribution in [-0.4, -0.2) is 87.8 Å². The number of nitrogens with one attached hydrogen (secondary N) is 3. The minimum absolute atomic E-state index is 0.0757. The average Bonchev–Trinajstić information content (AvgIpc) is 3.80. The number of sulfonamides is 1. The van der Waals surface area contributed by atoms with Crippen LogP contribution >= 0.6 is 0 Å². The maximum Gasteiger partial charge on any atom is 0.259 e. The van der Waals surface area contributed by atoms with Crippen LogP contribution in [0.3, 0.4) is 0 Å². The molecule has 0 spiro atoms. The molecule has 0 aromatic carbocycles. The number of amides is 4. The zero-order valence-electron chi connectivity index (χ0n) is 27.0. The number of hydrogen-bond donors (Lipinski definition) is 3. The van der Waals surface area contributed by atoms with E-state index in [1.807, 2.05) is 13.8 Å². The van der Waals surface area contributed by atoms with E-state index in [1.165, 1.54) is 4.90 Å². The summed E-state index contributed by atoms with van der Waals surface area (Å²) < 4.78 is 41.3. The molecule has 0 radical (unpaired) electrons. The van der Waals surface area contributed by atoms with Crippen LogP contribution in [0, 0.1) is 17.8 Å². The van der Waals surface area contributed by atoms with Gasteiger partial charge in [-0.2, -0.15) is 0 Å². The lowest BCUT2D eigenvalue weighted by Crippen LogP contribution is -2.58. The number of ether oxygens (including phenoxy) is 1. The molecule has 3 fully saturated rings. The number of carbonyl (C=O) groups excluding carboxylic acids is 4. The van der Waals surface area contributed by atoms with Crippen molar-refractivity contribution in [3.8, 4) is 0 Å². The van der Waals surface area contributed by atoms with Gasteiger partial charge in [-0.1, -0.05) is 54.4 Å². The molecule has 1 aliphatic heterocycles. The monoisotopic (exact) mass is 622 g/mol. The highest BCUT2D eigenvalue weighted by Crippen LogP contribution is 2.48. The zero-order chi connectivity index (χ0) is 32.7. The molecular weight excluding hydrogens is 567 g/mol.